The molecule has 0 fully saturated rings. The van der Waals surface area contributed by atoms with Crippen molar-refractivity contribution >= 4 is 110 Å². The average Bonchev–Trinajstić information content (AvgIpc) is 3.70. The molecule has 0 atom stereocenters. The second-order valence-corrected chi connectivity index (χ2v) is 27.4. The molecule has 72 heavy (non-hydrogen) atoms. The molecule has 9 aromatic carbocycles. The molecule has 0 aliphatic carbocycles. The third-order valence-electron chi connectivity index (χ3n) is 16.2. The lowest BCUT2D eigenvalue weighted by atomic mass is 9.36. The highest BCUT2D eigenvalue weighted by molar-refractivity contribution is 7.33. The van der Waals surface area contributed by atoms with Crippen molar-refractivity contribution in [3.05, 3.63) is 173 Å². The van der Waals surface area contributed by atoms with Crippen molar-refractivity contribution in [1.29, 1.82) is 0 Å². The van der Waals surface area contributed by atoms with Gasteiger partial charge in [-0.25, -0.2) is 0 Å². The monoisotopic (exact) mass is 957 g/mol. The van der Waals surface area contributed by atoms with Crippen LogP contribution in [0.15, 0.2) is 146 Å². The number of anilines is 6. The summed E-state index contributed by atoms with van der Waals surface area (Å²) in [6.07, 6.45) is 0. The Bertz CT molecular complexity index is 3820. The third kappa shape index (κ3) is 7.25. The Morgan fingerprint density at radius 1 is 0.375 bits per heavy atom. The fourth-order valence-electron chi connectivity index (χ4n) is 11.9. The highest BCUT2D eigenvalue weighted by Gasteiger charge is 2.47. The van der Waals surface area contributed by atoms with Gasteiger partial charge < -0.3 is 9.80 Å². The van der Waals surface area contributed by atoms with Crippen LogP contribution in [0.1, 0.15) is 132 Å². The number of fused-ring (bicyclic) bond motifs is 6. The van der Waals surface area contributed by atoms with Crippen molar-refractivity contribution in [3.63, 3.8) is 0 Å². The zero-order valence-corrected chi connectivity index (χ0v) is 46.1. The summed E-state index contributed by atoms with van der Waals surface area (Å²) in [6, 6.07) is 57.6. The zero-order valence-electron chi connectivity index (χ0n) is 45.2. The number of thiophene rings is 1. The molecule has 2 nitrogen and oxygen atoms in total. The Hall–Kier alpha value is -6.36. The molecule has 0 unspecified atom stereocenters. The zero-order chi connectivity index (χ0) is 50.8. The van der Waals surface area contributed by atoms with Crippen molar-refractivity contribution < 1.29 is 0 Å². The molecule has 0 bridgehead atoms. The Morgan fingerprint density at radius 3 is 1.51 bits per heavy atom. The van der Waals surface area contributed by atoms with E-state index in [4.69, 9.17) is 0 Å². The summed E-state index contributed by atoms with van der Waals surface area (Å²) in [5.41, 5.74) is 19.2. The van der Waals surface area contributed by atoms with Gasteiger partial charge in [-0.2, -0.15) is 0 Å². The second kappa shape index (κ2) is 15.6. The van der Waals surface area contributed by atoms with E-state index in [9.17, 15) is 0 Å². The number of hydrogen-bond donors (Lipinski definition) is 0. The van der Waals surface area contributed by atoms with Crippen molar-refractivity contribution in [2.75, 3.05) is 9.80 Å². The highest BCUT2D eigenvalue weighted by Crippen LogP contribution is 2.53. The number of benzene rings is 9. The molecule has 0 radical (unpaired) electrons. The summed E-state index contributed by atoms with van der Waals surface area (Å²) in [4.78, 5) is 5.35. The predicted octanol–water partition coefficient (Wildman–Crippen LogP) is 18.0. The van der Waals surface area contributed by atoms with E-state index in [0.29, 0.717) is 0 Å². The normalized spacial score (nSPS) is 14.2. The molecule has 0 N–H and O–H groups in total. The van der Waals surface area contributed by atoms with Gasteiger partial charge in [0, 0.05) is 43.2 Å². The predicted molar refractivity (Wildman–Crippen MR) is 318 cm³/mol. The minimum atomic E-state index is -0.147. The first-order valence-electron chi connectivity index (χ1n) is 26.3. The lowest BCUT2D eigenvalue weighted by Gasteiger charge is -2.45. The van der Waals surface area contributed by atoms with Crippen LogP contribution < -0.4 is 25.5 Å². The van der Waals surface area contributed by atoms with Crippen LogP contribution in [0.3, 0.4) is 0 Å². The first-order chi connectivity index (χ1) is 33.9. The van der Waals surface area contributed by atoms with E-state index >= 15 is 0 Å². The van der Waals surface area contributed by atoms with Crippen LogP contribution in [0.25, 0.3) is 53.5 Å². The van der Waals surface area contributed by atoms with Gasteiger partial charge in [0.2, 0.25) is 0 Å². The molecule has 360 valence electrons. The van der Waals surface area contributed by atoms with Crippen molar-refractivity contribution in [2.45, 2.75) is 131 Å². The van der Waals surface area contributed by atoms with Crippen LogP contribution in [-0.4, -0.2) is 6.71 Å². The molecule has 12 rings (SSSR count). The fraction of sp³-hybridized carbons (Fsp3) is 0.294. The molecule has 0 amide bonds. The quantitative estimate of drug-likeness (QED) is 0.129. The number of hydrogen-bond acceptors (Lipinski definition) is 3. The average molecular weight is 957 g/mol. The van der Waals surface area contributed by atoms with E-state index < -0.39 is 0 Å². The second-order valence-electron chi connectivity index (χ2n) is 26.3. The highest BCUT2D eigenvalue weighted by atomic mass is 32.1. The van der Waals surface area contributed by atoms with Gasteiger partial charge in [-0.1, -0.05) is 195 Å². The number of nitrogens with zero attached hydrogens (tertiary/aromatic N) is 2. The summed E-state index contributed by atoms with van der Waals surface area (Å²) in [5, 5.41) is 9.17. The van der Waals surface area contributed by atoms with E-state index in [1.165, 1.54) is 131 Å². The van der Waals surface area contributed by atoms with Gasteiger partial charge in [0.05, 0.1) is 11.4 Å². The Labute approximate surface area is 433 Å². The first-order valence-corrected chi connectivity index (χ1v) is 27.1. The largest absolute Gasteiger partial charge is 0.311 e. The van der Waals surface area contributed by atoms with Gasteiger partial charge in [-0.05, 0) is 158 Å². The maximum atomic E-state index is 2.74. The van der Waals surface area contributed by atoms with Crippen molar-refractivity contribution in [3.8, 4) is 11.1 Å². The molecular weight excluding hydrogens is 888 g/mol. The van der Waals surface area contributed by atoms with E-state index in [1.807, 2.05) is 11.3 Å². The minimum absolute atomic E-state index is 0.0139. The fourth-order valence-corrected chi connectivity index (χ4v) is 13.2. The molecule has 2 aliphatic heterocycles. The summed E-state index contributed by atoms with van der Waals surface area (Å²) in [7, 11) is 0. The number of rotatable bonds is 3. The minimum Gasteiger partial charge on any atom is -0.311 e. The van der Waals surface area contributed by atoms with Crippen LogP contribution >= 0.6 is 11.3 Å². The van der Waals surface area contributed by atoms with Crippen LogP contribution in [0.5, 0.6) is 0 Å². The SMILES string of the molecule is CC(C)(C)c1ccc(N2c3ccc(C(C)(C)C)cc3B3c4sc5ccc(C(C)(C)C)cc5c4N(c4ccc(C(C)(C)C)cc4-c4ccc5ccc6cccc7ccc4c5c67)c4cc(C(C)(C)C)cc2c43)cc1. The van der Waals surface area contributed by atoms with Crippen molar-refractivity contribution in [2.24, 2.45) is 0 Å². The van der Waals surface area contributed by atoms with Crippen molar-refractivity contribution in [1.82, 2.24) is 0 Å². The van der Waals surface area contributed by atoms with E-state index in [0.717, 1.165) is 0 Å². The smallest absolute Gasteiger partial charge is 0.264 e. The lowest BCUT2D eigenvalue weighted by Crippen LogP contribution is -2.60. The van der Waals surface area contributed by atoms with E-state index in [2.05, 4.69) is 259 Å². The van der Waals surface area contributed by atoms with Crippen LogP contribution in [0, 0.1) is 0 Å². The van der Waals surface area contributed by atoms with E-state index in [-0.39, 0.29) is 33.8 Å². The van der Waals surface area contributed by atoms with Gasteiger partial charge in [0.1, 0.15) is 0 Å². The van der Waals surface area contributed by atoms with Gasteiger partial charge in [-0.3, -0.25) is 0 Å². The van der Waals surface area contributed by atoms with Gasteiger partial charge in [0.15, 0.2) is 0 Å². The molecule has 0 saturated heterocycles. The van der Waals surface area contributed by atoms with E-state index in [1.54, 1.807) is 0 Å². The molecule has 3 heterocycles. The Morgan fingerprint density at radius 2 is 0.889 bits per heavy atom. The molecule has 0 saturated carbocycles. The molecular formula is C68H69BN2S. The first kappa shape index (κ1) is 46.7. The van der Waals surface area contributed by atoms with Gasteiger partial charge in [-0.15, -0.1) is 11.3 Å². The lowest BCUT2D eigenvalue weighted by molar-refractivity contribution is 0.589. The summed E-state index contributed by atoms with van der Waals surface area (Å²) in [5.74, 6) is 0. The van der Waals surface area contributed by atoms with Gasteiger partial charge in [0.25, 0.3) is 6.71 Å². The maximum Gasteiger partial charge on any atom is 0.264 e. The summed E-state index contributed by atoms with van der Waals surface area (Å²) < 4.78 is 2.73. The topological polar surface area (TPSA) is 6.48 Å². The molecule has 4 heteroatoms. The van der Waals surface area contributed by atoms with Crippen LogP contribution in [0.2, 0.25) is 0 Å². The Balaban J connectivity index is 1.24. The Kier molecular flexibility index (Phi) is 10.1. The summed E-state index contributed by atoms with van der Waals surface area (Å²) >= 11 is 2.00. The van der Waals surface area contributed by atoms with Crippen LogP contribution in [0.4, 0.5) is 34.1 Å². The standard InChI is InChI=1S/C68H69BN2S/c1-64(2,3)43-23-28-48(29-24-43)70-55-33-26-46(67(10,11)12)37-53(55)69-61-56(70)38-47(68(13,14)15)39-57(61)71(62-52-36-45(66(7,8)9)27-34-58(52)72-63(62)69)54-32-25-44(65(4,5)6)35-51(54)49-30-21-42-20-19-40-17-16-18-41-22-31-50(49)60(42)59(40)41/h16-39H,1-15H3. The van der Waals surface area contributed by atoms with Gasteiger partial charge >= 0.3 is 0 Å². The third-order valence-corrected chi connectivity index (χ3v) is 17.4. The molecule has 0 spiro atoms. The molecule has 2 aliphatic rings. The van der Waals surface area contributed by atoms with Crippen LogP contribution in [-0.2, 0) is 27.1 Å². The maximum absolute atomic E-state index is 2.74. The molecule has 10 aromatic rings. The summed E-state index contributed by atoms with van der Waals surface area (Å²) in [6.45, 7) is 35.3. The molecule has 1 aromatic heterocycles.